The fourth-order valence-corrected chi connectivity index (χ4v) is 3.92. The number of ether oxygens (including phenoxy) is 1. The van der Waals surface area contributed by atoms with Crippen LogP contribution in [0.15, 0.2) is 29.3 Å². The van der Waals surface area contributed by atoms with Crippen molar-refractivity contribution >= 4 is 16.0 Å². The number of rotatable bonds is 11. The van der Waals surface area contributed by atoms with Crippen LogP contribution < -0.4 is 20.1 Å². The maximum atomic E-state index is 12.1. The number of benzene rings is 1. The number of nitrogens with one attached hydrogen (secondary N) is 3. The average molecular weight is 425 g/mol. The van der Waals surface area contributed by atoms with Gasteiger partial charge in [0.05, 0.1) is 18.4 Å². The molecule has 29 heavy (non-hydrogen) atoms. The molecule has 0 radical (unpaired) electrons. The van der Waals surface area contributed by atoms with Crippen LogP contribution in [-0.4, -0.2) is 46.9 Å². The van der Waals surface area contributed by atoms with Gasteiger partial charge in [0.2, 0.25) is 10.0 Å². The van der Waals surface area contributed by atoms with Crippen molar-refractivity contribution in [2.24, 2.45) is 16.8 Å². The molecule has 0 aliphatic heterocycles. The smallest absolute Gasteiger partial charge is 0.213 e. The lowest BCUT2D eigenvalue weighted by molar-refractivity contribution is 0.271. The Labute approximate surface area is 175 Å². The Balaban J connectivity index is 1.75. The molecular weight excluding hydrogens is 388 g/mol. The van der Waals surface area contributed by atoms with Crippen molar-refractivity contribution in [1.82, 2.24) is 15.4 Å². The lowest BCUT2D eigenvalue weighted by Crippen LogP contribution is -2.42. The molecule has 1 fully saturated rings. The van der Waals surface area contributed by atoms with E-state index in [9.17, 15) is 8.42 Å². The largest absolute Gasteiger partial charge is 0.493 e. The van der Waals surface area contributed by atoms with E-state index in [1.807, 2.05) is 31.2 Å². The summed E-state index contributed by atoms with van der Waals surface area (Å²) >= 11 is 0. The predicted molar refractivity (Wildman–Crippen MR) is 119 cm³/mol. The summed E-state index contributed by atoms with van der Waals surface area (Å²) < 4.78 is 32.6. The lowest BCUT2D eigenvalue weighted by Gasteiger charge is -2.25. The van der Waals surface area contributed by atoms with Crippen molar-refractivity contribution in [1.29, 1.82) is 0 Å². The maximum absolute atomic E-state index is 12.1. The highest BCUT2D eigenvalue weighted by Gasteiger charge is 2.20. The summed E-state index contributed by atoms with van der Waals surface area (Å²) in [5, 5.41) is 6.37. The van der Waals surface area contributed by atoms with Crippen LogP contribution in [0.4, 0.5) is 0 Å². The Kier molecular flexibility index (Phi) is 9.23. The van der Waals surface area contributed by atoms with Crippen molar-refractivity contribution in [3.8, 4) is 5.75 Å². The van der Waals surface area contributed by atoms with Crippen molar-refractivity contribution in [3.05, 3.63) is 29.8 Å². The standard InChI is InChI=1S/C21H36N4O3S/c1-16(2)15-28-20-10-8-19(9-11-20)17(3)25-21(22-4)23-12-13-29(26,27)24-14-18-6-5-7-18/h8-11,16-18,24H,5-7,12-15H2,1-4H3,(H2,22,23,25). The first-order chi connectivity index (χ1) is 13.8. The van der Waals surface area contributed by atoms with Gasteiger partial charge in [-0.15, -0.1) is 0 Å². The predicted octanol–water partition coefficient (Wildman–Crippen LogP) is 2.67. The first-order valence-corrected chi connectivity index (χ1v) is 12.1. The molecule has 1 saturated carbocycles. The topological polar surface area (TPSA) is 91.8 Å². The van der Waals surface area contributed by atoms with E-state index >= 15 is 0 Å². The molecule has 164 valence electrons. The molecule has 1 atom stereocenters. The summed E-state index contributed by atoms with van der Waals surface area (Å²) in [6.45, 7) is 7.83. The van der Waals surface area contributed by atoms with Crippen LogP contribution in [0.2, 0.25) is 0 Å². The van der Waals surface area contributed by atoms with E-state index in [2.05, 4.69) is 34.2 Å². The summed E-state index contributed by atoms with van der Waals surface area (Å²) in [4.78, 5) is 4.19. The molecule has 1 aromatic rings. The Morgan fingerprint density at radius 3 is 2.45 bits per heavy atom. The molecule has 0 aromatic heterocycles. The number of hydrogen-bond acceptors (Lipinski definition) is 4. The first-order valence-electron chi connectivity index (χ1n) is 10.5. The average Bonchev–Trinajstić information content (AvgIpc) is 2.64. The molecular formula is C21H36N4O3S. The summed E-state index contributed by atoms with van der Waals surface area (Å²) in [6.07, 6.45) is 3.46. The molecule has 2 rings (SSSR count). The lowest BCUT2D eigenvalue weighted by atomic mass is 9.86. The minimum atomic E-state index is -3.26. The van der Waals surface area contributed by atoms with Crippen LogP contribution in [0.1, 0.15) is 51.6 Å². The molecule has 0 saturated heterocycles. The number of aliphatic imine (C=N–C) groups is 1. The van der Waals surface area contributed by atoms with Gasteiger partial charge in [0, 0.05) is 20.1 Å². The monoisotopic (exact) mass is 424 g/mol. The molecule has 1 aliphatic rings. The molecule has 1 unspecified atom stereocenters. The van der Waals surface area contributed by atoms with Gasteiger partial charge in [-0.2, -0.15) is 0 Å². The molecule has 1 aromatic carbocycles. The van der Waals surface area contributed by atoms with Crippen LogP contribution in [0.5, 0.6) is 5.75 Å². The van der Waals surface area contributed by atoms with E-state index in [-0.39, 0.29) is 11.8 Å². The highest BCUT2D eigenvalue weighted by atomic mass is 32.2. The van der Waals surface area contributed by atoms with Gasteiger partial charge in [0.25, 0.3) is 0 Å². The quantitative estimate of drug-likeness (QED) is 0.375. The molecule has 0 bridgehead atoms. The van der Waals surface area contributed by atoms with Crippen LogP contribution >= 0.6 is 0 Å². The van der Waals surface area contributed by atoms with Crippen LogP contribution in [0, 0.1) is 11.8 Å². The number of guanidine groups is 1. The van der Waals surface area contributed by atoms with Crippen molar-refractivity contribution in [2.45, 2.75) is 46.1 Å². The van der Waals surface area contributed by atoms with Gasteiger partial charge in [0.1, 0.15) is 5.75 Å². The fourth-order valence-electron chi connectivity index (χ4n) is 2.92. The summed E-state index contributed by atoms with van der Waals surface area (Å²) in [5.74, 6) is 2.46. The molecule has 0 heterocycles. The fraction of sp³-hybridized carbons (Fsp3) is 0.667. The van der Waals surface area contributed by atoms with E-state index in [4.69, 9.17) is 4.74 Å². The Bertz CT molecular complexity index is 744. The van der Waals surface area contributed by atoms with Crippen LogP contribution in [-0.2, 0) is 10.0 Å². The maximum Gasteiger partial charge on any atom is 0.213 e. The summed E-state index contributed by atoms with van der Waals surface area (Å²) in [5.41, 5.74) is 1.10. The summed E-state index contributed by atoms with van der Waals surface area (Å²) in [7, 11) is -1.59. The van der Waals surface area contributed by atoms with E-state index in [1.165, 1.54) is 6.42 Å². The minimum absolute atomic E-state index is 0.0219. The Morgan fingerprint density at radius 1 is 1.21 bits per heavy atom. The third-order valence-electron chi connectivity index (χ3n) is 5.02. The molecule has 8 heteroatoms. The van der Waals surface area contributed by atoms with Gasteiger partial charge in [-0.25, -0.2) is 13.1 Å². The number of hydrogen-bond donors (Lipinski definition) is 3. The van der Waals surface area contributed by atoms with E-state index < -0.39 is 10.0 Å². The van der Waals surface area contributed by atoms with E-state index in [1.54, 1.807) is 7.05 Å². The van der Waals surface area contributed by atoms with Crippen LogP contribution in [0.3, 0.4) is 0 Å². The second-order valence-corrected chi connectivity index (χ2v) is 10.0. The zero-order chi connectivity index (χ0) is 21.3. The first kappa shape index (κ1) is 23.5. The normalized spacial score (nSPS) is 16.4. The van der Waals surface area contributed by atoms with Crippen molar-refractivity contribution in [2.75, 3.05) is 32.5 Å². The molecule has 7 nitrogen and oxygen atoms in total. The Hall–Kier alpha value is -1.80. The third kappa shape index (κ3) is 8.62. The molecule has 0 spiro atoms. The highest BCUT2D eigenvalue weighted by molar-refractivity contribution is 7.89. The SMILES string of the molecule is CN=C(NCCS(=O)(=O)NCC1CCC1)NC(C)c1ccc(OCC(C)C)cc1. The zero-order valence-corrected chi connectivity index (χ0v) is 18.9. The molecule has 1 aliphatic carbocycles. The van der Waals surface area contributed by atoms with E-state index in [0.717, 1.165) is 24.2 Å². The molecule has 3 N–H and O–H groups in total. The molecule has 0 amide bonds. The van der Waals surface area contributed by atoms with Gasteiger partial charge in [-0.3, -0.25) is 4.99 Å². The van der Waals surface area contributed by atoms with Crippen molar-refractivity contribution < 1.29 is 13.2 Å². The van der Waals surface area contributed by atoms with Gasteiger partial charge in [0.15, 0.2) is 5.96 Å². The van der Waals surface area contributed by atoms with Crippen molar-refractivity contribution in [3.63, 3.8) is 0 Å². The highest BCUT2D eigenvalue weighted by Crippen LogP contribution is 2.25. The number of sulfonamides is 1. The summed E-state index contributed by atoms with van der Waals surface area (Å²) in [6, 6.07) is 8.00. The minimum Gasteiger partial charge on any atom is -0.493 e. The van der Waals surface area contributed by atoms with Gasteiger partial charge >= 0.3 is 0 Å². The second-order valence-electron chi connectivity index (χ2n) is 8.10. The van der Waals surface area contributed by atoms with Gasteiger partial charge in [-0.1, -0.05) is 32.4 Å². The zero-order valence-electron chi connectivity index (χ0n) is 18.1. The Morgan fingerprint density at radius 2 is 1.90 bits per heavy atom. The second kappa shape index (κ2) is 11.4. The van der Waals surface area contributed by atoms with Gasteiger partial charge in [-0.05, 0) is 49.3 Å². The van der Waals surface area contributed by atoms with Crippen LogP contribution in [0.25, 0.3) is 0 Å². The van der Waals surface area contributed by atoms with Gasteiger partial charge < -0.3 is 15.4 Å². The third-order valence-corrected chi connectivity index (χ3v) is 6.37. The van der Waals surface area contributed by atoms with E-state index in [0.29, 0.717) is 37.5 Å². The number of nitrogens with zero attached hydrogens (tertiary/aromatic N) is 1.